The van der Waals surface area contributed by atoms with Crippen LogP contribution in [0.2, 0.25) is 0 Å². The number of esters is 2. The molecule has 4 fully saturated rings. The quantitative estimate of drug-likeness (QED) is 0.175. The number of carbonyl (C=O) groups excluding carboxylic acids is 2. The van der Waals surface area contributed by atoms with Crippen LogP contribution in [0.25, 0.3) is 0 Å². The number of fused-ring (bicyclic) bond motifs is 4. The Kier molecular flexibility index (Phi) is 14.5. The van der Waals surface area contributed by atoms with Crippen molar-refractivity contribution in [3.63, 3.8) is 0 Å². The van der Waals surface area contributed by atoms with Crippen LogP contribution in [-0.4, -0.2) is 114 Å². The molecule has 8 atom stereocenters. The standard InChI is InChI=1S/C40H58N2O10.2ClH/c1-41(23-25-15-33(45-3)39(49-7)34(16-25)46-4)27-9-10-28(41)20-31(19-27)51-37(43)13-14-38(44)52-32-21-29-11-12-30(22-32)42(29,2)24-26-17-35(47-5)40(50-8)36(18-26)48-6;;/h15-18,27-32H,9-14,19-24H2,1-8H3;2*1H/q+2;;/p-2/t27-,28+,29-,30+,31?,32?,41?,42?;;. The van der Waals surface area contributed by atoms with Crippen molar-refractivity contribution in [2.45, 2.75) is 114 Å². The van der Waals surface area contributed by atoms with Crippen molar-refractivity contribution in [2.24, 2.45) is 0 Å². The molecule has 4 aliphatic heterocycles. The van der Waals surface area contributed by atoms with E-state index in [4.69, 9.17) is 37.9 Å². The maximum atomic E-state index is 13.0. The number of hydrogen-bond acceptors (Lipinski definition) is 10. The summed E-state index contributed by atoms with van der Waals surface area (Å²) >= 11 is 0. The van der Waals surface area contributed by atoms with Crippen molar-refractivity contribution >= 4 is 11.9 Å². The molecule has 0 radical (unpaired) electrons. The van der Waals surface area contributed by atoms with Gasteiger partial charge in [0.1, 0.15) is 25.3 Å². The summed E-state index contributed by atoms with van der Waals surface area (Å²) in [6.45, 7) is 1.65. The van der Waals surface area contributed by atoms with Crippen molar-refractivity contribution in [3.05, 3.63) is 35.4 Å². The molecule has 0 N–H and O–H groups in total. The minimum Gasteiger partial charge on any atom is -1.00 e. The summed E-state index contributed by atoms with van der Waals surface area (Å²) in [6, 6.07) is 9.62. The zero-order valence-corrected chi connectivity index (χ0v) is 34.5. The molecule has 0 spiro atoms. The van der Waals surface area contributed by atoms with Crippen LogP contribution in [0, 0.1) is 0 Å². The molecule has 0 aliphatic carbocycles. The van der Waals surface area contributed by atoms with Gasteiger partial charge in [-0.05, 0) is 24.3 Å². The molecule has 14 heteroatoms. The number of hydrogen-bond donors (Lipinski definition) is 0. The largest absolute Gasteiger partial charge is 1.00 e. The monoisotopic (exact) mass is 796 g/mol. The summed E-state index contributed by atoms with van der Waals surface area (Å²) in [5.41, 5.74) is 2.24. The van der Waals surface area contributed by atoms with Gasteiger partial charge in [0.2, 0.25) is 11.5 Å². The molecular formula is C40H58Cl2N2O10. The summed E-state index contributed by atoms with van der Waals surface area (Å²) in [5.74, 6) is 3.15. The number of rotatable bonds is 15. The second kappa shape index (κ2) is 18.1. The minimum absolute atomic E-state index is 0. The van der Waals surface area contributed by atoms with Crippen LogP contribution < -0.4 is 53.2 Å². The Bertz CT molecular complexity index is 1430. The molecule has 4 heterocycles. The molecule has 4 saturated heterocycles. The Balaban J connectivity index is 0.00000325. The third-order valence-electron chi connectivity index (χ3n) is 12.8. The molecule has 2 aromatic rings. The van der Waals surface area contributed by atoms with E-state index in [1.165, 1.54) is 0 Å². The topological polar surface area (TPSA) is 108 Å². The molecular weight excluding hydrogens is 739 g/mol. The van der Waals surface area contributed by atoms with Gasteiger partial charge in [0.05, 0.1) is 93.8 Å². The van der Waals surface area contributed by atoms with Crippen molar-refractivity contribution in [3.8, 4) is 34.5 Å². The molecule has 6 rings (SSSR count). The van der Waals surface area contributed by atoms with E-state index in [1.807, 2.05) is 24.3 Å². The first kappa shape index (κ1) is 43.4. The van der Waals surface area contributed by atoms with Gasteiger partial charge in [0, 0.05) is 62.5 Å². The first-order chi connectivity index (χ1) is 25.0. The lowest BCUT2D eigenvalue weighted by Crippen LogP contribution is -3.00. The van der Waals surface area contributed by atoms with Gasteiger partial charge in [-0.3, -0.25) is 9.59 Å². The third kappa shape index (κ3) is 8.56. The van der Waals surface area contributed by atoms with Crippen molar-refractivity contribution in [2.75, 3.05) is 56.8 Å². The summed E-state index contributed by atoms with van der Waals surface area (Å²) in [5, 5.41) is 0. The van der Waals surface area contributed by atoms with Crippen LogP contribution in [0.1, 0.15) is 75.3 Å². The highest BCUT2D eigenvalue weighted by atomic mass is 35.5. The van der Waals surface area contributed by atoms with Gasteiger partial charge in [-0.1, -0.05) is 0 Å². The van der Waals surface area contributed by atoms with Crippen molar-refractivity contribution in [1.82, 2.24) is 0 Å². The Morgan fingerprint density at radius 2 is 0.796 bits per heavy atom. The van der Waals surface area contributed by atoms with Gasteiger partial charge < -0.3 is 71.7 Å². The van der Waals surface area contributed by atoms with Crippen molar-refractivity contribution in [1.29, 1.82) is 0 Å². The fourth-order valence-corrected chi connectivity index (χ4v) is 10.0. The number of ether oxygens (including phenoxy) is 8. The first-order valence-corrected chi connectivity index (χ1v) is 18.6. The second-order valence-electron chi connectivity index (χ2n) is 15.5. The van der Waals surface area contributed by atoms with Gasteiger partial charge in [-0.15, -0.1) is 0 Å². The van der Waals surface area contributed by atoms with E-state index in [0.29, 0.717) is 58.7 Å². The average molecular weight is 798 g/mol. The van der Waals surface area contributed by atoms with E-state index < -0.39 is 0 Å². The Hall–Kier alpha value is -3.32. The third-order valence-corrected chi connectivity index (χ3v) is 12.8. The maximum absolute atomic E-state index is 13.0. The summed E-state index contributed by atoms with van der Waals surface area (Å²) in [7, 11) is 14.4. The number of halogens is 2. The van der Waals surface area contributed by atoms with Gasteiger partial charge in [-0.25, -0.2) is 0 Å². The number of methoxy groups -OCH3 is 6. The number of nitrogens with zero attached hydrogens (tertiary/aromatic N) is 2. The molecule has 0 saturated carbocycles. The van der Waals surface area contributed by atoms with E-state index in [1.54, 1.807) is 42.7 Å². The van der Waals surface area contributed by atoms with E-state index >= 15 is 0 Å². The highest BCUT2D eigenvalue weighted by molar-refractivity contribution is 5.77. The predicted molar refractivity (Wildman–Crippen MR) is 193 cm³/mol. The van der Waals surface area contributed by atoms with Crippen LogP contribution in [0.15, 0.2) is 24.3 Å². The fourth-order valence-electron chi connectivity index (χ4n) is 10.0. The molecule has 4 unspecified atom stereocenters. The highest BCUT2D eigenvalue weighted by Gasteiger charge is 2.54. The van der Waals surface area contributed by atoms with Crippen LogP contribution in [-0.2, 0) is 32.2 Å². The van der Waals surface area contributed by atoms with Crippen LogP contribution in [0.3, 0.4) is 0 Å². The molecule has 0 amide bonds. The fraction of sp³-hybridized carbons (Fsp3) is 0.650. The predicted octanol–water partition coefficient (Wildman–Crippen LogP) is -0.407. The Morgan fingerprint density at radius 1 is 0.519 bits per heavy atom. The second-order valence-corrected chi connectivity index (χ2v) is 15.5. The lowest BCUT2D eigenvalue weighted by Gasteiger charge is -2.47. The molecule has 12 nitrogen and oxygen atoms in total. The Labute approximate surface area is 332 Å². The Morgan fingerprint density at radius 3 is 1.04 bits per heavy atom. The molecule has 4 bridgehead atoms. The van der Waals surface area contributed by atoms with Gasteiger partial charge in [0.15, 0.2) is 23.0 Å². The van der Waals surface area contributed by atoms with E-state index in [-0.39, 0.29) is 61.8 Å². The zero-order valence-electron chi connectivity index (χ0n) is 33.0. The minimum atomic E-state index is -0.319. The lowest BCUT2D eigenvalue weighted by molar-refractivity contribution is -0.961. The first-order valence-electron chi connectivity index (χ1n) is 18.6. The number of carbonyl (C=O) groups is 2. The maximum Gasteiger partial charge on any atom is 0.306 e. The molecule has 4 aliphatic rings. The molecule has 302 valence electrons. The summed E-state index contributed by atoms with van der Waals surface area (Å²) in [6.07, 6.45) is 7.42. The normalized spacial score (nSPS) is 29.2. The SMILES string of the molecule is COc1cc(C[N+]2(C)[C@@H]3CC[C@H]2CC(OC(=O)CCC(=O)OC2C[C@H]4CC[C@@H](C2)[N+]4(C)Cc2cc(OC)c(OC)c(OC)c2)C3)cc(OC)c1OC.[Cl-].[Cl-]. The molecule has 0 aromatic heterocycles. The van der Waals surface area contributed by atoms with Crippen LogP contribution in [0.5, 0.6) is 34.5 Å². The van der Waals surface area contributed by atoms with E-state index in [9.17, 15) is 9.59 Å². The van der Waals surface area contributed by atoms with Crippen LogP contribution in [0.4, 0.5) is 0 Å². The highest BCUT2D eigenvalue weighted by Crippen LogP contribution is 2.47. The van der Waals surface area contributed by atoms with E-state index in [0.717, 1.165) is 84.5 Å². The number of piperidine rings is 2. The molecule has 2 aromatic carbocycles. The lowest BCUT2D eigenvalue weighted by atomic mass is 9.95. The molecule has 54 heavy (non-hydrogen) atoms. The average Bonchev–Trinajstić information content (AvgIpc) is 3.36. The van der Waals surface area contributed by atoms with Crippen molar-refractivity contribution < 1.29 is 81.3 Å². The zero-order chi connectivity index (χ0) is 37.2. The number of quaternary nitrogens is 2. The summed E-state index contributed by atoms with van der Waals surface area (Å²) < 4.78 is 47.2. The van der Waals surface area contributed by atoms with Gasteiger partial charge >= 0.3 is 11.9 Å². The number of benzene rings is 2. The van der Waals surface area contributed by atoms with Gasteiger partial charge in [0.25, 0.3) is 0 Å². The van der Waals surface area contributed by atoms with Crippen LogP contribution >= 0.6 is 0 Å². The van der Waals surface area contributed by atoms with E-state index in [2.05, 4.69) is 14.1 Å². The summed E-state index contributed by atoms with van der Waals surface area (Å²) in [4.78, 5) is 26.0. The van der Waals surface area contributed by atoms with Gasteiger partial charge in [-0.2, -0.15) is 0 Å². The smallest absolute Gasteiger partial charge is 0.306 e.